The Morgan fingerprint density at radius 1 is 1.39 bits per heavy atom. The van der Waals surface area contributed by atoms with Crippen molar-refractivity contribution < 1.29 is 8.81 Å². The molecule has 0 saturated heterocycles. The molecular weight excluding hydrogens is 301 g/mol. The summed E-state index contributed by atoms with van der Waals surface area (Å²) in [6.07, 6.45) is 1.59. The number of halogens is 2. The van der Waals surface area contributed by atoms with Crippen molar-refractivity contribution in [3.8, 4) is 11.5 Å². The number of hydrogen-bond donors (Lipinski definition) is 1. The molecule has 0 aliphatic carbocycles. The van der Waals surface area contributed by atoms with Gasteiger partial charge in [0, 0.05) is 10.9 Å². The van der Waals surface area contributed by atoms with Crippen molar-refractivity contribution in [2.45, 2.75) is 12.8 Å². The molecule has 1 aromatic heterocycles. The minimum absolute atomic E-state index is 0.222. The lowest BCUT2D eigenvalue weighted by atomic mass is 10.2. The fourth-order valence-electron chi connectivity index (χ4n) is 1.54. The Labute approximate surface area is 113 Å². The zero-order valence-corrected chi connectivity index (χ0v) is 11.5. The average molecular weight is 314 g/mol. The summed E-state index contributed by atoms with van der Waals surface area (Å²) in [5.41, 5.74) is 0.325. The Morgan fingerprint density at radius 3 is 2.94 bits per heavy atom. The largest absolute Gasteiger partial charge is 0.421 e. The van der Waals surface area contributed by atoms with Gasteiger partial charge in [0.15, 0.2) is 0 Å². The van der Waals surface area contributed by atoms with E-state index in [1.54, 1.807) is 12.1 Å². The van der Waals surface area contributed by atoms with Gasteiger partial charge in [0.2, 0.25) is 5.89 Å². The van der Waals surface area contributed by atoms with Gasteiger partial charge in [0.1, 0.15) is 5.82 Å². The second-order valence-electron chi connectivity index (χ2n) is 3.83. The van der Waals surface area contributed by atoms with Crippen molar-refractivity contribution in [3.05, 3.63) is 34.4 Å². The Hall–Kier alpha value is -1.27. The molecule has 0 spiro atoms. The normalized spacial score (nSPS) is 10.8. The highest BCUT2D eigenvalue weighted by molar-refractivity contribution is 9.10. The molecule has 6 heteroatoms. The average Bonchev–Trinajstić information content (AvgIpc) is 2.78. The molecule has 4 nitrogen and oxygen atoms in total. The van der Waals surface area contributed by atoms with Crippen molar-refractivity contribution in [3.63, 3.8) is 0 Å². The van der Waals surface area contributed by atoms with Crippen LogP contribution in [0.2, 0.25) is 0 Å². The van der Waals surface area contributed by atoms with E-state index in [0.717, 1.165) is 13.0 Å². The molecule has 1 N–H and O–H groups in total. The van der Waals surface area contributed by atoms with Crippen LogP contribution in [0.4, 0.5) is 4.39 Å². The van der Waals surface area contributed by atoms with Gasteiger partial charge in [-0.2, -0.15) is 0 Å². The van der Waals surface area contributed by atoms with E-state index < -0.39 is 0 Å². The van der Waals surface area contributed by atoms with Gasteiger partial charge in [-0.3, -0.25) is 0 Å². The number of benzene rings is 1. The third-order valence-corrected chi connectivity index (χ3v) is 2.94. The minimum atomic E-state index is -0.380. The van der Waals surface area contributed by atoms with Gasteiger partial charge in [0.25, 0.3) is 5.89 Å². The van der Waals surface area contributed by atoms with E-state index in [9.17, 15) is 4.39 Å². The molecule has 2 rings (SSSR count). The van der Waals surface area contributed by atoms with Gasteiger partial charge in [-0.1, -0.05) is 15.9 Å². The number of aromatic nitrogens is 2. The minimum Gasteiger partial charge on any atom is -0.421 e. The molecule has 0 saturated carbocycles. The predicted octanol–water partition coefficient (Wildman–Crippen LogP) is 2.79. The molecule has 0 amide bonds. The summed E-state index contributed by atoms with van der Waals surface area (Å²) in [6, 6.07) is 4.73. The molecule has 0 bridgehead atoms. The van der Waals surface area contributed by atoms with Gasteiger partial charge < -0.3 is 9.73 Å². The number of nitrogens with one attached hydrogen (secondary N) is 1. The van der Waals surface area contributed by atoms with Gasteiger partial charge in [-0.05, 0) is 38.2 Å². The predicted molar refractivity (Wildman–Crippen MR) is 69.6 cm³/mol. The third-order valence-electron chi connectivity index (χ3n) is 2.45. The van der Waals surface area contributed by atoms with E-state index in [1.165, 1.54) is 6.07 Å². The molecule has 0 atom stereocenters. The van der Waals surface area contributed by atoms with Crippen LogP contribution in [0.3, 0.4) is 0 Å². The summed E-state index contributed by atoms with van der Waals surface area (Å²) in [7, 11) is 1.89. The lowest BCUT2D eigenvalue weighted by Gasteiger charge is -1.98. The summed E-state index contributed by atoms with van der Waals surface area (Å²) in [4.78, 5) is 0. The van der Waals surface area contributed by atoms with Crippen LogP contribution in [0.1, 0.15) is 12.3 Å². The van der Waals surface area contributed by atoms with Gasteiger partial charge in [-0.15, -0.1) is 10.2 Å². The van der Waals surface area contributed by atoms with Crippen molar-refractivity contribution in [2.24, 2.45) is 0 Å². The van der Waals surface area contributed by atoms with Crippen molar-refractivity contribution in [1.82, 2.24) is 15.5 Å². The number of nitrogens with zero attached hydrogens (tertiary/aromatic N) is 2. The van der Waals surface area contributed by atoms with E-state index in [4.69, 9.17) is 4.42 Å². The Morgan fingerprint density at radius 2 is 2.22 bits per heavy atom. The van der Waals surface area contributed by atoms with Gasteiger partial charge >= 0.3 is 0 Å². The van der Waals surface area contributed by atoms with Crippen LogP contribution in [-0.2, 0) is 6.42 Å². The highest BCUT2D eigenvalue weighted by Gasteiger charge is 2.12. The van der Waals surface area contributed by atoms with Crippen LogP contribution in [-0.4, -0.2) is 23.8 Å². The number of rotatable bonds is 5. The summed E-state index contributed by atoms with van der Waals surface area (Å²) in [5, 5.41) is 10.8. The summed E-state index contributed by atoms with van der Waals surface area (Å²) < 4.78 is 19.8. The molecule has 0 aliphatic heterocycles. The highest BCUT2D eigenvalue weighted by Crippen LogP contribution is 2.24. The first-order valence-corrected chi connectivity index (χ1v) is 6.42. The van der Waals surface area contributed by atoms with Gasteiger partial charge in [0.05, 0.1) is 5.56 Å². The smallest absolute Gasteiger partial charge is 0.250 e. The summed E-state index contributed by atoms with van der Waals surface area (Å²) >= 11 is 3.20. The van der Waals surface area contributed by atoms with Crippen LogP contribution in [0.25, 0.3) is 11.5 Å². The quantitative estimate of drug-likeness (QED) is 0.862. The topological polar surface area (TPSA) is 51.0 Å². The standard InChI is InChI=1S/C12H13BrFN3O/c1-15-6-2-3-11-16-17-12(18-11)9-5-4-8(13)7-10(9)14/h4-5,7,15H,2-3,6H2,1H3. The van der Waals surface area contributed by atoms with Crippen LogP contribution >= 0.6 is 15.9 Å². The zero-order chi connectivity index (χ0) is 13.0. The Kier molecular flexibility index (Phi) is 4.43. The molecule has 1 heterocycles. The van der Waals surface area contributed by atoms with Crippen molar-refractivity contribution in [2.75, 3.05) is 13.6 Å². The maximum Gasteiger partial charge on any atom is 0.250 e. The first-order chi connectivity index (χ1) is 8.70. The molecule has 0 unspecified atom stereocenters. The lowest BCUT2D eigenvalue weighted by Crippen LogP contribution is -2.08. The number of aryl methyl sites for hydroxylation is 1. The monoisotopic (exact) mass is 313 g/mol. The molecule has 1 aromatic carbocycles. The summed E-state index contributed by atoms with van der Waals surface area (Å²) in [6.45, 7) is 0.879. The Balaban J connectivity index is 2.13. The van der Waals surface area contributed by atoms with Crippen LogP contribution in [0.15, 0.2) is 27.1 Å². The van der Waals surface area contributed by atoms with E-state index >= 15 is 0 Å². The molecule has 0 radical (unpaired) electrons. The van der Waals surface area contributed by atoms with Crippen LogP contribution < -0.4 is 5.32 Å². The molecule has 2 aromatic rings. The first kappa shape index (κ1) is 13.2. The maximum atomic E-state index is 13.7. The van der Waals surface area contributed by atoms with Crippen LogP contribution in [0.5, 0.6) is 0 Å². The highest BCUT2D eigenvalue weighted by atomic mass is 79.9. The van der Waals surface area contributed by atoms with E-state index in [0.29, 0.717) is 22.3 Å². The lowest BCUT2D eigenvalue weighted by molar-refractivity contribution is 0.491. The van der Waals surface area contributed by atoms with Crippen molar-refractivity contribution in [1.29, 1.82) is 0 Å². The summed E-state index contributed by atoms with van der Waals surface area (Å²) in [5.74, 6) is 0.372. The molecule has 18 heavy (non-hydrogen) atoms. The number of hydrogen-bond acceptors (Lipinski definition) is 4. The Bertz CT molecular complexity index is 530. The van der Waals surface area contributed by atoms with Crippen molar-refractivity contribution >= 4 is 15.9 Å². The molecule has 0 fully saturated rings. The SMILES string of the molecule is CNCCCc1nnc(-c2ccc(Br)cc2F)o1. The van der Waals surface area contributed by atoms with Gasteiger partial charge in [-0.25, -0.2) is 4.39 Å². The first-order valence-electron chi connectivity index (χ1n) is 5.63. The second kappa shape index (κ2) is 6.06. The zero-order valence-electron chi connectivity index (χ0n) is 9.91. The van der Waals surface area contributed by atoms with E-state index in [2.05, 4.69) is 31.4 Å². The third kappa shape index (κ3) is 3.14. The molecule has 0 aliphatic rings. The maximum absolute atomic E-state index is 13.7. The second-order valence-corrected chi connectivity index (χ2v) is 4.75. The fraction of sp³-hybridized carbons (Fsp3) is 0.333. The molecule has 96 valence electrons. The van der Waals surface area contributed by atoms with E-state index in [-0.39, 0.29) is 11.7 Å². The van der Waals surface area contributed by atoms with Crippen LogP contribution in [0, 0.1) is 5.82 Å². The fourth-order valence-corrected chi connectivity index (χ4v) is 1.88. The van der Waals surface area contributed by atoms with E-state index in [1.807, 2.05) is 7.05 Å². The molecular formula is C12H13BrFN3O.